The molecule has 1 N–H and O–H groups in total. The van der Waals surface area contributed by atoms with Crippen LogP contribution in [-0.2, 0) is 10.0 Å². The summed E-state index contributed by atoms with van der Waals surface area (Å²) in [6.45, 7) is 4.08. The second-order valence-electron chi connectivity index (χ2n) is 6.01. The lowest BCUT2D eigenvalue weighted by Crippen LogP contribution is -2.31. The molecule has 3 rings (SSSR count). The number of rotatable bonds is 7. The Morgan fingerprint density at radius 1 is 1.17 bits per heavy atom. The van der Waals surface area contributed by atoms with Crippen molar-refractivity contribution >= 4 is 33.2 Å². The van der Waals surface area contributed by atoms with Crippen LogP contribution < -0.4 is 5.32 Å². The van der Waals surface area contributed by atoms with Crippen LogP contribution in [0.15, 0.2) is 59.9 Å². The average molecular weight is 434 g/mol. The molecule has 0 spiro atoms. The van der Waals surface area contributed by atoms with Crippen molar-refractivity contribution in [1.82, 2.24) is 19.1 Å². The molecule has 0 aliphatic heterocycles. The van der Waals surface area contributed by atoms with E-state index in [0.29, 0.717) is 24.6 Å². The molecule has 29 heavy (non-hydrogen) atoms. The fourth-order valence-corrected chi connectivity index (χ4v) is 4.77. The lowest BCUT2D eigenvalue weighted by atomic mass is 10.2. The smallest absolute Gasteiger partial charge is 0.255 e. The van der Waals surface area contributed by atoms with Gasteiger partial charge in [0.2, 0.25) is 10.0 Å². The molecule has 0 saturated heterocycles. The van der Waals surface area contributed by atoms with Crippen LogP contribution >= 0.6 is 11.6 Å². The third kappa shape index (κ3) is 4.31. The number of anilines is 1. The lowest BCUT2D eigenvalue weighted by molar-refractivity contribution is 0.102. The van der Waals surface area contributed by atoms with Gasteiger partial charge in [-0.2, -0.15) is 9.40 Å². The normalized spacial score (nSPS) is 11.6. The molecule has 0 aliphatic rings. The van der Waals surface area contributed by atoms with Gasteiger partial charge in [0.15, 0.2) is 5.82 Å². The van der Waals surface area contributed by atoms with E-state index in [9.17, 15) is 13.2 Å². The van der Waals surface area contributed by atoms with E-state index in [0.717, 1.165) is 0 Å². The average Bonchev–Trinajstić information content (AvgIpc) is 3.24. The topological polar surface area (TPSA) is 97.2 Å². The van der Waals surface area contributed by atoms with E-state index in [1.54, 1.807) is 50.6 Å². The molecular formula is C19H20ClN5O3S. The maximum atomic E-state index is 12.8. The van der Waals surface area contributed by atoms with Gasteiger partial charge in [-0.05, 0) is 36.4 Å². The summed E-state index contributed by atoms with van der Waals surface area (Å²) in [6, 6.07) is 9.28. The van der Waals surface area contributed by atoms with E-state index < -0.39 is 15.9 Å². The highest BCUT2D eigenvalue weighted by Crippen LogP contribution is 2.26. The zero-order valence-electron chi connectivity index (χ0n) is 15.9. The number of amides is 1. The first-order valence-corrected chi connectivity index (χ1v) is 10.8. The monoisotopic (exact) mass is 433 g/mol. The van der Waals surface area contributed by atoms with Gasteiger partial charge in [0.05, 0.1) is 10.7 Å². The zero-order chi connectivity index (χ0) is 21.0. The molecule has 1 aromatic carbocycles. The Bertz CT molecular complexity index is 1110. The number of sulfonamides is 1. The number of hydrogen-bond donors (Lipinski definition) is 1. The van der Waals surface area contributed by atoms with Gasteiger partial charge in [0.1, 0.15) is 4.90 Å². The third-order valence-electron chi connectivity index (χ3n) is 4.27. The molecule has 152 valence electrons. The van der Waals surface area contributed by atoms with Crippen molar-refractivity contribution in [3.63, 3.8) is 0 Å². The van der Waals surface area contributed by atoms with Gasteiger partial charge in [-0.3, -0.25) is 4.79 Å². The fraction of sp³-hybridized carbons (Fsp3) is 0.211. The minimum atomic E-state index is -3.81. The van der Waals surface area contributed by atoms with E-state index in [4.69, 9.17) is 11.6 Å². The molecule has 1 amide bonds. The molecule has 0 fully saturated rings. The summed E-state index contributed by atoms with van der Waals surface area (Å²) in [7, 11) is -3.81. The number of aromatic nitrogens is 3. The molecule has 0 bridgehead atoms. The number of nitrogens with zero attached hydrogens (tertiary/aromatic N) is 4. The number of carbonyl (C=O) groups is 1. The number of nitrogens with one attached hydrogen (secondary N) is 1. The Hall–Kier alpha value is -2.75. The molecule has 2 heterocycles. The van der Waals surface area contributed by atoms with E-state index in [1.165, 1.54) is 27.2 Å². The van der Waals surface area contributed by atoms with Gasteiger partial charge < -0.3 is 5.32 Å². The van der Waals surface area contributed by atoms with Crippen molar-refractivity contribution in [2.24, 2.45) is 0 Å². The zero-order valence-corrected chi connectivity index (χ0v) is 17.5. The first-order chi connectivity index (χ1) is 13.9. The third-order valence-corrected chi connectivity index (χ3v) is 6.80. The molecule has 0 aliphatic carbocycles. The Kier molecular flexibility index (Phi) is 6.31. The van der Waals surface area contributed by atoms with Crippen LogP contribution in [0.1, 0.15) is 24.2 Å². The number of halogens is 1. The molecule has 0 radical (unpaired) electrons. The summed E-state index contributed by atoms with van der Waals surface area (Å²) in [5.41, 5.74) is 0.597. The molecule has 8 nitrogen and oxygen atoms in total. The van der Waals surface area contributed by atoms with Crippen molar-refractivity contribution in [2.45, 2.75) is 18.7 Å². The van der Waals surface area contributed by atoms with Crippen molar-refractivity contribution in [1.29, 1.82) is 0 Å². The number of pyridine rings is 1. The molecule has 0 saturated carbocycles. The summed E-state index contributed by atoms with van der Waals surface area (Å²) in [6.07, 6.45) is 4.89. The maximum Gasteiger partial charge on any atom is 0.255 e. The van der Waals surface area contributed by atoms with Crippen molar-refractivity contribution in [3.05, 3.63) is 65.6 Å². The highest BCUT2D eigenvalue weighted by Gasteiger charge is 2.25. The highest BCUT2D eigenvalue weighted by atomic mass is 35.5. The van der Waals surface area contributed by atoms with Crippen LogP contribution in [0.4, 0.5) is 5.69 Å². The van der Waals surface area contributed by atoms with Crippen LogP contribution in [0.25, 0.3) is 5.82 Å². The molecular weight excluding hydrogens is 414 g/mol. The predicted octanol–water partition coefficient (Wildman–Crippen LogP) is 3.20. The SMILES string of the molecule is CCN(CC)S(=O)(=O)c1cc(C(=O)Nc2cccnc2-n2cccn2)ccc1Cl. The van der Waals surface area contributed by atoms with Crippen LogP contribution in [0.5, 0.6) is 0 Å². The summed E-state index contributed by atoms with van der Waals surface area (Å²) in [4.78, 5) is 17.0. The van der Waals surface area contributed by atoms with E-state index in [2.05, 4.69) is 15.4 Å². The van der Waals surface area contributed by atoms with E-state index in [1.807, 2.05) is 0 Å². The molecule has 0 atom stereocenters. The quantitative estimate of drug-likeness (QED) is 0.617. The van der Waals surface area contributed by atoms with Gasteiger partial charge in [0.25, 0.3) is 5.91 Å². The fourth-order valence-electron chi connectivity index (χ4n) is 2.81. The molecule has 3 aromatic rings. The van der Waals surface area contributed by atoms with Crippen molar-refractivity contribution < 1.29 is 13.2 Å². The summed E-state index contributed by atoms with van der Waals surface area (Å²) < 4.78 is 28.5. The molecule has 0 unspecified atom stereocenters. The van der Waals surface area contributed by atoms with Gasteiger partial charge in [-0.25, -0.2) is 18.1 Å². The van der Waals surface area contributed by atoms with Crippen molar-refractivity contribution in [3.8, 4) is 5.82 Å². The Morgan fingerprint density at radius 2 is 1.93 bits per heavy atom. The minimum absolute atomic E-state index is 0.0621. The largest absolute Gasteiger partial charge is 0.319 e. The summed E-state index contributed by atoms with van der Waals surface area (Å²) in [5, 5.41) is 6.94. The first kappa shape index (κ1) is 21.0. The van der Waals surface area contributed by atoms with E-state index >= 15 is 0 Å². The minimum Gasteiger partial charge on any atom is -0.319 e. The van der Waals surface area contributed by atoms with Crippen LogP contribution in [-0.4, -0.2) is 46.5 Å². The lowest BCUT2D eigenvalue weighted by Gasteiger charge is -2.19. The summed E-state index contributed by atoms with van der Waals surface area (Å²) in [5.74, 6) is -0.0464. The Balaban J connectivity index is 1.94. The molecule has 2 aromatic heterocycles. The second-order valence-corrected chi connectivity index (χ2v) is 8.33. The van der Waals surface area contributed by atoms with Crippen molar-refractivity contribution in [2.75, 3.05) is 18.4 Å². The van der Waals surface area contributed by atoms with Gasteiger partial charge in [0, 0.05) is 37.2 Å². The van der Waals surface area contributed by atoms with Gasteiger partial charge >= 0.3 is 0 Å². The number of carbonyl (C=O) groups excluding carboxylic acids is 1. The van der Waals surface area contributed by atoms with Crippen LogP contribution in [0.2, 0.25) is 5.02 Å². The van der Waals surface area contributed by atoms with E-state index in [-0.39, 0.29) is 15.5 Å². The standard InChI is InChI=1S/C19H20ClN5O3S/c1-3-24(4-2)29(27,28)17-13-14(8-9-15(17)20)19(26)23-16-7-5-10-21-18(16)25-12-6-11-22-25/h5-13H,3-4H2,1-2H3,(H,23,26). The summed E-state index contributed by atoms with van der Waals surface area (Å²) >= 11 is 6.14. The Morgan fingerprint density at radius 3 is 2.59 bits per heavy atom. The van der Waals surface area contributed by atoms with Crippen LogP contribution in [0, 0.1) is 0 Å². The maximum absolute atomic E-state index is 12.8. The van der Waals surface area contributed by atoms with Gasteiger partial charge in [-0.1, -0.05) is 25.4 Å². The number of hydrogen-bond acceptors (Lipinski definition) is 5. The second kappa shape index (κ2) is 8.73. The number of benzene rings is 1. The molecule has 10 heteroatoms. The predicted molar refractivity (Wildman–Crippen MR) is 111 cm³/mol. The van der Waals surface area contributed by atoms with Gasteiger partial charge in [-0.15, -0.1) is 0 Å². The van der Waals surface area contributed by atoms with Crippen LogP contribution in [0.3, 0.4) is 0 Å². The Labute approximate surface area is 174 Å². The first-order valence-electron chi connectivity index (χ1n) is 8.94. The highest BCUT2D eigenvalue weighted by molar-refractivity contribution is 7.89.